The molecule has 1 fully saturated rings. The van der Waals surface area contributed by atoms with Crippen molar-refractivity contribution in [1.82, 2.24) is 10.2 Å². The van der Waals surface area contributed by atoms with Crippen LogP contribution in [0.4, 0.5) is 17.4 Å². The Morgan fingerprint density at radius 1 is 0.941 bits per heavy atom. The maximum atomic E-state index is 12.5. The number of aliphatic carboxylic acids is 1. The molecule has 1 aliphatic carbocycles. The zero-order chi connectivity index (χ0) is 23.9. The highest BCUT2D eigenvalue weighted by Gasteiger charge is 2.24. The van der Waals surface area contributed by atoms with E-state index in [9.17, 15) is 9.59 Å². The quantitative estimate of drug-likeness (QED) is 0.367. The molecule has 9 heteroatoms. The summed E-state index contributed by atoms with van der Waals surface area (Å²) >= 11 is 0. The van der Waals surface area contributed by atoms with Gasteiger partial charge in [-0.05, 0) is 79.3 Å². The van der Waals surface area contributed by atoms with E-state index in [2.05, 4.69) is 20.8 Å². The van der Waals surface area contributed by atoms with E-state index >= 15 is 0 Å². The zero-order valence-corrected chi connectivity index (χ0v) is 18.7. The van der Waals surface area contributed by atoms with Crippen LogP contribution in [0.2, 0.25) is 0 Å². The van der Waals surface area contributed by atoms with Crippen molar-refractivity contribution in [2.75, 3.05) is 17.2 Å². The Bertz CT molecular complexity index is 1100. The average Bonchev–Trinajstić information content (AvgIpc) is 3.30. The Kier molecular flexibility index (Phi) is 7.54. The van der Waals surface area contributed by atoms with Crippen molar-refractivity contribution in [3.63, 3.8) is 0 Å². The fourth-order valence-corrected chi connectivity index (χ4v) is 4.34. The summed E-state index contributed by atoms with van der Waals surface area (Å²) in [5.41, 5.74) is 3.56. The number of hydrogen-bond acceptors (Lipinski definition) is 7. The maximum absolute atomic E-state index is 12.5. The van der Waals surface area contributed by atoms with Gasteiger partial charge in [0.05, 0.1) is 0 Å². The number of carbonyl (C=O) groups is 2. The van der Waals surface area contributed by atoms with Gasteiger partial charge >= 0.3 is 23.8 Å². The lowest BCUT2D eigenvalue weighted by Crippen LogP contribution is -2.16. The number of amides is 1. The molecule has 4 rings (SSSR count). The molecule has 0 radical (unpaired) electrons. The molecule has 1 aliphatic rings. The third-order valence-electron chi connectivity index (χ3n) is 6.17. The van der Waals surface area contributed by atoms with E-state index in [1.807, 2.05) is 48.5 Å². The van der Waals surface area contributed by atoms with Crippen molar-refractivity contribution in [3.05, 3.63) is 65.5 Å². The normalized spacial score (nSPS) is 17.8. The Hall–Kier alpha value is -3.72. The monoisotopic (exact) mass is 464 g/mol. The van der Waals surface area contributed by atoms with Gasteiger partial charge in [-0.15, -0.1) is 5.10 Å². The number of rotatable bonds is 9. The zero-order valence-electron chi connectivity index (χ0n) is 18.7. The molecule has 0 spiro atoms. The van der Waals surface area contributed by atoms with Gasteiger partial charge in [0, 0.05) is 24.4 Å². The van der Waals surface area contributed by atoms with Gasteiger partial charge in [0.25, 0.3) is 0 Å². The lowest BCUT2D eigenvalue weighted by atomic mass is 9.77. The van der Waals surface area contributed by atoms with Gasteiger partial charge in [0.15, 0.2) is 0 Å². The fourth-order valence-electron chi connectivity index (χ4n) is 4.34. The Labute approximate surface area is 197 Å². The first-order chi connectivity index (χ1) is 16.5. The van der Waals surface area contributed by atoms with Crippen molar-refractivity contribution >= 4 is 29.3 Å². The molecule has 0 unspecified atom stereocenters. The minimum atomic E-state index is -0.722. The summed E-state index contributed by atoms with van der Waals surface area (Å²) in [6.45, 7) is 0.0905. The van der Waals surface area contributed by atoms with E-state index in [1.165, 1.54) is 5.56 Å². The predicted molar refractivity (Wildman–Crippen MR) is 126 cm³/mol. The van der Waals surface area contributed by atoms with Crippen molar-refractivity contribution in [2.24, 2.45) is 5.92 Å². The van der Waals surface area contributed by atoms with E-state index in [4.69, 9.17) is 14.6 Å². The van der Waals surface area contributed by atoms with Crippen LogP contribution in [0.25, 0.3) is 0 Å². The van der Waals surface area contributed by atoms with Crippen molar-refractivity contribution in [2.45, 2.75) is 44.4 Å². The molecule has 4 N–H and O–H groups in total. The van der Waals surface area contributed by atoms with Gasteiger partial charge in [-0.25, -0.2) is 0 Å². The highest BCUT2D eigenvalue weighted by atomic mass is 16.4. The largest absolute Gasteiger partial charge is 0.481 e. The number of carbonyl (C=O) groups excluding carboxylic acids is 1. The van der Waals surface area contributed by atoms with Crippen LogP contribution in [0.15, 0.2) is 52.9 Å². The summed E-state index contributed by atoms with van der Waals surface area (Å²) in [5.74, 6) is -0.689. The van der Waals surface area contributed by atoms with Crippen molar-refractivity contribution in [3.8, 4) is 0 Å². The van der Waals surface area contributed by atoms with Gasteiger partial charge in [-0.3, -0.25) is 9.59 Å². The number of aromatic nitrogens is 2. The second kappa shape index (κ2) is 10.9. The second-order valence-electron chi connectivity index (χ2n) is 8.60. The van der Waals surface area contributed by atoms with E-state index in [0.717, 1.165) is 36.9 Å². The molecule has 0 atom stereocenters. The van der Waals surface area contributed by atoms with Crippen LogP contribution in [0.5, 0.6) is 0 Å². The number of carboxylic acids is 1. The number of nitrogens with zero attached hydrogens (tertiary/aromatic N) is 2. The summed E-state index contributed by atoms with van der Waals surface area (Å²) in [6.07, 6.45) is 4.64. The number of carboxylic acid groups (broad SMARTS) is 1. The minimum absolute atomic E-state index is 0.0905. The van der Waals surface area contributed by atoms with Crippen LogP contribution in [0.1, 0.15) is 59.8 Å². The molecular weight excluding hydrogens is 436 g/mol. The molecule has 1 aromatic heterocycles. The Morgan fingerprint density at radius 3 is 2.26 bits per heavy atom. The van der Waals surface area contributed by atoms with Gasteiger partial charge in [0.1, 0.15) is 0 Å². The summed E-state index contributed by atoms with van der Waals surface area (Å²) in [5, 5.41) is 31.3. The van der Waals surface area contributed by atoms with E-state index in [-0.39, 0.29) is 30.9 Å². The number of hydrogen-bond donors (Lipinski definition) is 4. The summed E-state index contributed by atoms with van der Waals surface area (Å²) in [7, 11) is 0. The molecule has 0 bridgehead atoms. The van der Waals surface area contributed by atoms with Gasteiger partial charge in [-0.1, -0.05) is 29.4 Å². The summed E-state index contributed by atoms with van der Waals surface area (Å²) in [6, 6.07) is 15.2. The minimum Gasteiger partial charge on any atom is -0.481 e. The van der Waals surface area contributed by atoms with Crippen molar-refractivity contribution < 1.29 is 24.2 Å². The van der Waals surface area contributed by atoms with Gasteiger partial charge in [0.2, 0.25) is 0 Å². The van der Waals surface area contributed by atoms with Crippen LogP contribution in [-0.4, -0.2) is 38.9 Å². The topological polar surface area (TPSA) is 138 Å². The molecule has 2 aromatic carbocycles. The molecule has 178 valence electrons. The third-order valence-corrected chi connectivity index (χ3v) is 6.17. The molecular formula is C25H28N4O5. The smallest absolute Gasteiger partial charge is 0.320 e. The standard InChI is InChI=1S/C25H28N4O5/c30-14-13-16-3-9-21(10-4-16)27-25-29-28-24(34-25)23(33)26-20-11-7-19(8-12-20)18-5-1-17(2-6-18)15-22(31)32/h3-4,7-12,17-18,30H,1-2,5-6,13-15H2,(H,26,33)(H,27,29)(H,31,32)/t17-,18-. The fraction of sp³-hybridized carbons (Fsp3) is 0.360. The van der Waals surface area contributed by atoms with Crippen LogP contribution in [0.3, 0.4) is 0 Å². The number of aliphatic hydroxyl groups excluding tert-OH is 1. The first-order valence-corrected chi connectivity index (χ1v) is 11.4. The molecule has 34 heavy (non-hydrogen) atoms. The summed E-state index contributed by atoms with van der Waals surface area (Å²) < 4.78 is 5.43. The molecule has 1 heterocycles. The first-order valence-electron chi connectivity index (χ1n) is 11.4. The number of benzene rings is 2. The lowest BCUT2D eigenvalue weighted by molar-refractivity contribution is -0.138. The van der Waals surface area contributed by atoms with Crippen LogP contribution < -0.4 is 10.6 Å². The highest BCUT2D eigenvalue weighted by Crippen LogP contribution is 2.37. The number of aliphatic hydroxyl groups is 1. The number of nitrogens with one attached hydrogen (secondary N) is 2. The Morgan fingerprint density at radius 2 is 1.62 bits per heavy atom. The highest BCUT2D eigenvalue weighted by molar-refractivity contribution is 6.00. The Balaban J connectivity index is 1.29. The van der Waals surface area contributed by atoms with E-state index in [1.54, 1.807) is 0 Å². The van der Waals surface area contributed by atoms with Crippen molar-refractivity contribution in [1.29, 1.82) is 0 Å². The predicted octanol–water partition coefficient (Wildman–Crippen LogP) is 4.35. The van der Waals surface area contributed by atoms with Crippen LogP contribution in [-0.2, 0) is 11.2 Å². The molecule has 1 amide bonds. The molecule has 1 saturated carbocycles. The van der Waals surface area contributed by atoms with Gasteiger partial charge < -0.3 is 25.3 Å². The molecule has 9 nitrogen and oxygen atoms in total. The molecule has 0 saturated heterocycles. The maximum Gasteiger partial charge on any atom is 0.320 e. The summed E-state index contributed by atoms with van der Waals surface area (Å²) in [4.78, 5) is 23.4. The number of anilines is 3. The third kappa shape index (κ3) is 6.20. The van der Waals surface area contributed by atoms with Crippen LogP contribution >= 0.6 is 0 Å². The van der Waals surface area contributed by atoms with E-state index in [0.29, 0.717) is 18.0 Å². The lowest BCUT2D eigenvalue weighted by Gasteiger charge is -2.28. The first kappa shape index (κ1) is 23.4. The average molecular weight is 465 g/mol. The van der Waals surface area contributed by atoms with E-state index < -0.39 is 11.9 Å². The SMILES string of the molecule is O=C(O)C[C@H]1CC[C@H](c2ccc(NC(=O)c3nnc(Nc4ccc(CCO)cc4)o3)cc2)CC1. The molecule has 3 aromatic rings. The van der Waals surface area contributed by atoms with Gasteiger partial charge in [-0.2, -0.15) is 0 Å². The second-order valence-corrected chi connectivity index (χ2v) is 8.60. The molecule has 0 aliphatic heterocycles. The van der Waals surface area contributed by atoms with Crippen LogP contribution in [0, 0.1) is 5.92 Å².